The van der Waals surface area contributed by atoms with Crippen molar-refractivity contribution in [3.63, 3.8) is 0 Å². The monoisotopic (exact) mass is 438 g/mol. The first kappa shape index (κ1) is 25.9. The topological polar surface area (TPSA) is 0 Å². The van der Waals surface area contributed by atoms with Crippen LogP contribution in [0.1, 0.15) is 41.0 Å². The van der Waals surface area contributed by atoms with Gasteiger partial charge >= 0.3 is 41.3 Å². The van der Waals surface area contributed by atoms with E-state index in [0.717, 1.165) is 6.42 Å². The Hall–Kier alpha value is -0.357. The maximum Gasteiger partial charge on any atom is -0.0809 e. The van der Waals surface area contributed by atoms with Gasteiger partial charge in [-0.2, -0.15) is 29.2 Å². The first-order chi connectivity index (χ1) is 10.3. The number of rotatable bonds is 0. The number of hydrogen-bond donors (Lipinski definition) is 0. The van der Waals surface area contributed by atoms with Crippen LogP contribution < -0.4 is 24.8 Å². The molecule has 130 valence electrons. The first-order valence-electron chi connectivity index (χ1n) is 7.70. The summed E-state index contributed by atoms with van der Waals surface area (Å²) in [5.41, 5.74) is 1.74. The average molecular weight is 441 g/mol. The van der Waals surface area contributed by atoms with Crippen LogP contribution in [-0.4, -0.2) is 3.21 Å². The Morgan fingerprint density at radius 3 is 2.08 bits per heavy atom. The Morgan fingerprint density at radius 2 is 1.67 bits per heavy atom. The number of fused-ring (bicyclic) bond motifs is 1. The van der Waals surface area contributed by atoms with E-state index < -0.39 is 0 Å². The standard InChI is InChI=1S/C9H7.C9H13.C3H6.2ClH.Zr/c1-2-5-9-7-3-6-8(9)4-1;1-9(2,3)8-6-4-5-7-8;1-3-2;;;/h1-7H;6-7H,4H2,1-3H3;1-2H3;2*1H;/q2*-1;;;;+2/p-2. The van der Waals surface area contributed by atoms with E-state index in [1.54, 1.807) is 24.2 Å². The molecule has 0 amide bonds. The van der Waals surface area contributed by atoms with Gasteiger partial charge in [0.1, 0.15) is 0 Å². The zero-order valence-electron chi connectivity index (χ0n) is 15.2. The second-order valence-electron chi connectivity index (χ2n) is 6.62. The second kappa shape index (κ2) is 12.9. The minimum absolute atomic E-state index is 0. The maximum absolute atomic E-state index is 3.16. The molecule has 0 unspecified atom stereocenters. The van der Waals surface area contributed by atoms with E-state index >= 15 is 0 Å². The Labute approximate surface area is 174 Å². The molecular formula is C21H26Cl2Zr-2. The average Bonchev–Trinajstić information content (AvgIpc) is 3.10. The molecule has 0 saturated carbocycles. The van der Waals surface area contributed by atoms with Crippen molar-refractivity contribution in [2.45, 2.75) is 41.0 Å². The van der Waals surface area contributed by atoms with Gasteiger partial charge in [-0.3, -0.25) is 6.08 Å². The van der Waals surface area contributed by atoms with Gasteiger partial charge in [-0.05, 0) is 0 Å². The summed E-state index contributed by atoms with van der Waals surface area (Å²) in [5, 5.41) is 2.66. The Balaban J connectivity index is 0. The third-order valence-corrected chi connectivity index (χ3v) is 3.11. The SMILES string of the molecule is CC(C)(C)C1=CC[C-]=C1.C[C](C)=[Zr+2].[Cl-].[Cl-].c1ccc2[cH-]ccc2c1. The molecule has 0 radical (unpaired) electrons. The van der Waals surface area contributed by atoms with Crippen molar-refractivity contribution in [1.29, 1.82) is 0 Å². The Kier molecular flexibility index (Phi) is 13.9. The largest absolute Gasteiger partial charge is 1.00 e. The number of halogens is 2. The summed E-state index contributed by atoms with van der Waals surface area (Å²) in [6.45, 7) is 10.9. The summed E-state index contributed by atoms with van der Waals surface area (Å²) < 4.78 is 1.51. The fourth-order valence-corrected chi connectivity index (χ4v) is 1.99. The predicted octanol–water partition coefficient (Wildman–Crippen LogP) is 0.0341. The van der Waals surface area contributed by atoms with Gasteiger partial charge in [-0.1, -0.05) is 32.3 Å². The number of allylic oxidation sites excluding steroid dienone is 4. The molecule has 0 atom stereocenters. The third kappa shape index (κ3) is 10.5. The van der Waals surface area contributed by atoms with Gasteiger partial charge in [0.15, 0.2) is 0 Å². The van der Waals surface area contributed by atoms with E-state index in [1.807, 2.05) is 0 Å². The van der Waals surface area contributed by atoms with Gasteiger partial charge in [0, 0.05) is 0 Å². The molecule has 0 bridgehead atoms. The molecule has 0 nitrogen and oxygen atoms in total. The molecule has 0 aliphatic heterocycles. The summed E-state index contributed by atoms with van der Waals surface area (Å²) >= 11 is 1.55. The van der Waals surface area contributed by atoms with Crippen LogP contribution >= 0.6 is 0 Å². The normalized spacial score (nSPS) is 11.9. The number of benzene rings is 1. The summed E-state index contributed by atoms with van der Waals surface area (Å²) in [4.78, 5) is 0. The second-order valence-corrected chi connectivity index (χ2v) is 9.07. The van der Waals surface area contributed by atoms with Gasteiger partial charge in [-0.25, -0.2) is 6.08 Å². The van der Waals surface area contributed by atoms with E-state index in [4.69, 9.17) is 0 Å². The molecule has 3 heteroatoms. The summed E-state index contributed by atoms with van der Waals surface area (Å²) in [5.74, 6) is 0. The molecule has 2 aromatic carbocycles. The van der Waals surface area contributed by atoms with Crippen molar-refractivity contribution in [2.24, 2.45) is 5.41 Å². The van der Waals surface area contributed by atoms with Gasteiger partial charge in [0.25, 0.3) is 0 Å². The Bertz CT molecular complexity index is 624. The minimum atomic E-state index is 0. The zero-order valence-corrected chi connectivity index (χ0v) is 19.1. The summed E-state index contributed by atoms with van der Waals surface area (Å²) in [6.07, 6.45) is 8.50. The third-order valence-electron chi connectivity index (χ3n) is 3.11. The van der Waals surface area contributed by atoms with Gasteiger partial charge < -0.3 is 24.8 Å². The summed E-state index contributed by atoms with van der Waals surface area (Å²) in [6, 6.07) is 14.7. The van der Waals surface area contributed by atoms with E-state index in [0.29, 0.717) is 5.41 Å². The van der Waals surface area contributed by atoms with Crippen molar-refractivity contribution in [3.05, 3.63) is 66.3 Å². The van der Waals surface area contributed by atoms with E-state index in [9.17, 15) is 0 Å². The molecule has 3 rings (SSSR count). The fraction of sp³-hybridized carbons (Fsp3) is 0.333. The van der Waals surface area contributed by atoms with E-state index in [-0.39, 0.29) is 24.8 Å². The smallest absolute Gasteiger partial charge is 0.0809 e. The molecule has 1 aliphatic carbocycles. The molecule has 1 aliphatic rings. The van der Waals surface area contributed by atoms with Crippen LogP contribution in [0.5, 0.6) is 0 Å². The van der Waals surface area contributed by atoms with Crippen molar-refractivity contribution in [2.75, 3.05) is 0 Å². The quantitative estimate of drug-likeness (QED) is 0.508. The molecule has 24 heavy (non-hydrogen) atoms. The van der Waals surface area contributed by atoms with Crippen molar-refractivity contribution in [3.8, 4) is 0 Å². The maximum atomic E-state index is 3.16. The van der Waals surface area contributed by atoms with Crippen LogP contribution in [0.25, 0.3) is 10.8 Å². The van der Waals surface area contributed by atoms with Gasteiger partial charge in [0.2, 0.25) is 0 Å². The zero-order chi connectivity index (χ0) is 16.6. The first-order valence-corrected chi connectivity index (χ1v) is 8.93. The van der Waals surface area contributed by atoms with Crippen molar-refractivity contribution in [1.82, 2.24) is 0 Å². The molecule has 0 saturated heterocycles. The molecule has 0 fully saturated rings. The van der Waals surface area contributed by atoms with Crippen LogP contribution in [0.4, 0.5) is 0 Å². The van der Waals surface area contributed by atoms with Crippen LogP contribution in [0.3, 0.4) is 0 Å². The molecule has 0 heterocycles. The molecular weight excluding hydrogens is 414 g/mol. The van der Waals surface area contributed by atoms with Gasteiger partial charge in [0.05, 0.1) is 0 Å². The van der Waals surface area contributed by atoms with Crippen LogP contribution in [0, 0.1) is 11.5 Å². The van der Waals surface area contributed by atoms with Gasteiger partial charge in [-0.15, -0.1) is 36.1 Å². The van der Waals surface area contributed by atoms with Crippen LogP contribution in [0.15, 0.2) is 60.2 Å². The number of hydrogen-bond acceptors (Lipinski definition) is 0. The fourth-order valence-electron chi connectivity index (χ4n) is 1.99. The summed E-state index contributed by atoms with van der Waals surface area (Å²) in [7, 11) is 0. The van der Waals surface area contributed by atoms with Crippen LogP contribution in [-0.2, 0) is 24.2 Å². The van der Waals surface area contributed by atoms with E-state index in [1.165, 1.54) is 19.6 Å². The minimum Gasteiger partial charge on any atom is -1.00 e. The molecule has 0 spiro atoms. The molecule has 2 aromatic rings. The van der Waals surface area contributed by atoms with E-state index in [2.05, 4.69) is 95.3 Å². The molecule has 0 aromatic heterocycles. The molecule has 0 N–H and O–H groups in total. The van der Waals surface area contributed by atoms with Crippen molar-refractivity contribution >= 4 is 14.0 Å². The van der Waals surface area contributed by atoms with Crippen molar-refractivity contribution < 1.29 is 49.0 Å². The van der Waals surface area contributed by atoms with Crippen LogP contribution in [0.2, 0.25) is 0 Å². The Morgan fingerprint density at radius 1 is 1.08 bits per heavy atom. The predicted molar refractivity (Wildman–Crippen MR) is 95.9 cm³/mol.